The maximum Gasteiger partial charge on any atom is 0.142 e. The Morgan fingerprint density at radius 3 is 2.62 bits per heavy atom. The minimum Gasteiger partial charge on any atom is -0.493 e. The van der Waals surface area contributed by atoms with Crippen LogP contribution in [0.4, 0.5) is 4.39 Å². The van der Waals surface area contributed by atoms with E-state index in [9.17, 15) is 9.65 Å². The highest BCUT2D eigenvalue weighted by Crippen LogP contribution is 2.44. The fourth-order valence-electron chi connectivity index (χ4n) is 6.67. The zero-order valence-electron chi connectivity index (χ0n) is 27.6. The van der Waals surface area contributed by atoms with Crippen molar-refractivity contribution in [3.05, 3.63) is 105 Å². The minimum atomic E-state index is -1.03. The fourth-order valence-corrected chi connectivity index (χ4v) is 6.90. The predicted molar refractivity (Wildman–Crippen MR) is 186 cm³/mol. The van der Waals surface area contributed by atoms with Crippen LogP contribution in [0.3, 0.4) is 0 Å². The summed E-state index contributed by atoms with van der Waals surface area (Å²) in [4.78, 5) is 6.45. The average molecular weight is 669 g/mol. The van der Waals surface area contributed by atoms with Gasteiger partial charge in [0.2, 0.25) is 0 Å². The van der Waals surface area contributed by atoms with Crippen molar-refractivity contribution in [2.75, 3.05) is 26.2 Å². The smallest absolute Gasteiger partial charge is 0.142 e. The van der Waals surface area contributed by atoms with E-state index in [0.717, 1.165) is 72.5 Å². The molecule has 0 unspecified atom stereocenters. The molecule has 0 bridgehead atoms. The lowest BCUT2D eigenvalue weighted by atomic mass is 9.93. The van der Waals surface area contributed by atoms with Gasteiger partial charge in [0.15, 0.2) is 0 Å². The lowest BCUT2D eigenvalue weighted by Crippen LogP contribution is -2.40. The molecule has 1 atom stereocenters. The summed E-state index contributed by atoms with van der Waals surface area (Å²) in [5.41, 5.74) is 12.9. The number of piperidine rings is 1. The number of hydrogen-bond acceptors (Lipinski definition) is 7. The van der Waals surface area contributed by atoms with Gasteiger partial charge in [-0.1, -0.05) is 41.9 Å². The highest BCUT2D eigenvalue weighted by Gasteiger charge is 2.30. The van der Waals surface area contributed by atoms with Gasteiger partial charge in [-0.2, -0.15) is 5.26 Å². The van der Waals surface area contributed by atoms with E-state index in [0.29, 0.717) is 41.5 Å². The summed E-state index contributed by atoms with van der Waals surface area (Å²) in [6, 6.07) is 20.1. The average Bonchev–Trinajstić information content (AvgIpc) is 3.51. The van der Waals surface area contributed by atoms with Gasteiger partial charge in [0.25, 0.3) is 0 Å². The first kappa shape index (κ1) is 33.7. The highest BCUT2D eigenvalue weighted by molar-refractivity contribution is 6.32. The maximum atomic E-state index is 14.1. The van der Waals surface area contributed by atoms with Crippen LogP contribution in [0.1, 0.15) is 72.1 Å². The molecule has 6 rings (SSSR count). The number of hydrogen-bond donors (Lipinski definition) is 1. The van der Waals surface area contributed by atoms with Crippen molar-refractivity contribution in [3.8, 4) is 34.4 Å². The Kier molecular flexibility index (Phi) is 10.5. The number of nitrogens with zero attached hydrogens (tertiary/aromatic N) is 3. The molecule has 9 heteroatoms. The van der Waals surface area contributed by atoms with Gasteiger partial charge in [-0.25, -0.2) is 4.39 Å². The van der Waals surface area contributed by atoms with Crippen LogP contribution < -0.4 is 19.9 Å². The van der Waals surface area contributed by atoms with Crippen LogP contribution >= 0.6 is 11.6 Å². The van der Waals surface area contributed by atoms with Crippen molar-refractivity contribution in [2.45, 2.75) is 70.9 Å². The maximum absolute atomic E-state index is 14.1. The topological polar surface area (TPSA) is 93.6 Å². The SMILES string of the molecule is Cc1c(OCCCN2CCC(C)(F)CC2)cccc1-c1cccc2c1CC[C@@H]2Oc1cc(OCc2cncc(C#N)c2)c(CN)cc1Cl. The number of nitrogens with two attached hydrogens (primary N) is 1. The molecule has 7 nitrogen and oxygen atoms in total. The Labute approximate surface area is 287 Å². The minimum absolute atomic E-state index is 0.171. The van der Waals surface area contributed by atoms with Crippen LogP contribution in [0.15, 0.2) is 67.0 Å². The van der Waals surface area contributed by atoms with Crippen molar-refractivity contribution in [1.82, 2.24) is 9.88 Å². The Bertz CT molecular complexity index is 1800. The Morgan fingerprint density at radius 2 is 1.83 bits per heavy atom. The van der Waals surface area contributed by atoms with E-state index < -0.39 is 5.67 Å². The van der Waals surface area contributed by atoms with Gasteiger partial charge in [-0.3, -0.25) is 4.98 Å². The number of rotatable bonds is 12. The van der Waals surface area contributed by atoms with Gasteiger partial charge in [-0.05, 0) is 92.0 Å². The van der Waals surface area contributed by atoms with Gasteiger partial charge in [0.1, 0.15) is 41.7 Å². The van der Waals surface area contributed by atoms with E-state index in [1.54, 1.807) is 25.3 Å². The summed E-state index contributed by atoms with van der Waals surface area (Å²) in [6.07, 6.45) is 6.81. The monoisotopic (exact) mass is 668 g/mol. The first-order valence-electron chi connectivity index (χ1n) is 16.7. The lowest BCUT2D eigenvalue weighted by Gasteiger charge is -2.34. The number of pyridine rings is 1. The molecular weight excluding hydrogens is 627 g/mol. The van der Waals surface area contributed by atoms with Crippen molar-refractivity contribution in [3.63, 3.8) is 0 Å². The molecule has 2 aliphatic rings. The van der Waals surface area contributed by atoms with Crippen LogP contribution in [0.5, 0.6) is 17.2 Å². The molecule has 48 heavy (non-hydrogen) atoms. The highest BCUT2D eigenvalue weighted by atomic mass is 35.5. The normalized spacial score (nSPS) is 17.0. The molecule has 0 radical (unpaired) electrons. The molecule has 1 aliphatic carbocycles. The van der Waals surface area contributed by atoms with Crippen molar-refractivity contribution in [2.24, 2.45) is 5.73 Å². The number of likely N-dealkylation sites (tertiary alicyclic amines) is 1. The van der Waals surface area contributed by atoms with Crippen LogP contribution in [0, 0.1) is 18.3 Å². The third-order valence-electron chi connectivity index (χ3n) is 9.49. The van der Waals surface area contributed by atoms with Gasteiger partial charge in [0.05, 0.1) is 17.2 Å². The summed E-state index contributed by atoms with van der Waals surface area (Å²) in [5, 5.41) is 9.68. The molecule has 1 fully saturated rings. The summed E-state index contributed by atoms with van der Waals surface area (Å²) < 4.78 is 33.1. The van der Waals surface area contributed by atoms with E-state index in [1.807, 2.05) is 12.1 Å². The Balaban J connectivity index is 1.14. The van der Waals surface area contributed by atoms with Crippen molar-refractivity contribution < 1.29 is 18.6 Å². The number of alkyl halides is 1. The Morgan fingerprint density at radius 1 is 1.04 bits per heavy atom. The van der Waals surface area contributed by atoms with Gasteiger partial charge in [0, 0.05) is 55.8 Å². The zero-order valence-corrected chi connectivity index (χ0v) is 28.4. The molecule has 1 aliphatic heterocycles. The number of benzene rings is 3. The predicted octanol–water partition coefficient (Wildman–Crippen LogP) is 8.28. The quantitative estimate of drug-likeness (QED) is 0.152. The summed E-state index contributed by atoms with van der Waals surface area (Å²) in [5.74, 6) is 2.00. The van der Waals surface area contributed by atoms with E-state index in [2.05, 4.69) is 53.2 Å². The molecule has 0 amide bonds. The molecular formula is C39H42ClFN4O3. The van der Waals surface area contributed by atoms with Gasteiger partial charge >= 0.3 is 0 Å². The molecule has 0 saturated carbocycles. The largest absolute Gasteiger partial charge is 0.493 e. The number of nitriles is 1. The number of ether oxygens (including phenoxy) is 3. The molecule has 4 aromatic rings. The number of fused-ring (bicyclic) bond motifs is 1. The van der Waals surface area contributed by atoms with Crippen LogP contribution in [-0.4, -0.2) is 41.8 Å². The first-order valence-corrected chi connectivity index (χ1v) is 17.0. The Hall–Kier alpha value is -4.16. The van der Waals surface area contributed by atoms with Crippen LogP contribution in [-0.2, 0) is 19.6 Å². The van der Waals surface area contributed by atoms with Gasteiger partial charge in [-0.15, -0.1) is 0 Å². The second kappa shape index (κ2) is 14.9. The molecule has 250 valence electrons. The van der Waals surface area contributed by atoms with Crippen molar-refractivity contribution >= 4 is 11.6 Å². The van der Waals surface area contributed by atoms with E-state index in [4.69, 9.17) is 31.5 Å². The molecule has 2 heterocycles. The first-order chi connectivity index (χ1) is 23.2. The molecule has 1 aromatic heterocycles. The zero-order chi connectivity index (χ0) is 33.7. The second-order valence-electron chi connectivity index (χ2n) is 13.0. The molecule has 1 saturated heterocycles. The summed E-state index contributed by atoms with van der Waals surface area (Å²) in [6.45, 7) is 7.46. The number of halogens is 2. The van der Waals surface area contributed by atoms with Gasteiger partial charge < -0.3 is 24.8 Å². The van der Waals surface area contributed by atoms with E-state index in [1.165, 1.54) is 17.3 Å². The second-order valence-corrected chi connectivity index (χ2v) is 13.4. The summed E-state index contributed by atoms with van der Waals surface area (Å²) >= 11 is 6.70. The third-order valence-corrected chi connectivity index (χ3v) is 9.78. The molecule has 0 spiro atoms. The van der Waals surface area contributed by atoms with Crippen molar-refractivity contribution in [1.29, 1.82) is 5.26 Å². The number of aromatic nitrogens is 1. The fraction of sp³-hybridized carbons (Fsp3) is 0.385. The third kappa shape index (κ3) is 7.76. The standard InChI is InChI=1S/C39H42ClFN4O3/c1-26-30(6-4-9-35(26)46-17-5-14-45-15-12-39(2,41)13-16-45)31-7-3-8-33-32(31)10-11-36(33)48-38-20-37(29(22-43)19-34(38)40)47-25-28-18-27(21-42)23-44-24-28/h3-4,6-9,18-20,23-24,36H,5,10-17,22,25,43H2,1-2H3/t36-/m0/s1. The van der Waals surface area contributed by atoms with E-state index >= 15 is 0 Å². The summed E-state index contributed by atoms with van der Waals surface area (Å²) in [7, 11) is 0. The van der Waals surface area contributed by atoms with Crippen LogP contribution in [0.25, 0.3) is 11.1 Å². The molecule has 2 N–H and O–H groups in total. The van der Waals surface area contributed by atoms with Crippen LogP contribution in [0.2, 0.25) is 5.02 Å². The lowest BCUT2D eigenvalue weighted by molar-refractivity contribution is 0.0715. The van der Waals surface area contributed by atoms with E-state index in [-0.39, 0.29) is 19.3 Å². The molecule has 3 aromatic carbocycles.